The molecule has 1 heterocycles. The minimum atomic E-state index is -0.809. The van der Waals surface area contributed by atoms with Crippen molar-refractivity contribution in [1.82, 2.24) is 4.98 Å². The van der Waals surface area contributed by atoms with Gasteiger partial charge in [-0.15, -0.1) is 0 Å². The van der Waals surface area contributed by atoms with Crippen molar-refractivity contribution in [2.45, 2.75) is 12.8 Å². The maximum atomic E-state index is 10.5. The lowest BCUT2D eigenvalue weighted by Crippen LogP contribution is -2.01. The fourth-order valence-corrected chi connectivity index (χ4v) is 3.00. The van der Waals surface area contributed by atoms with Crippen molar-refractivity contribution in [1.29, 1.82) is 0 Å². The topological polar surface area (TPSA) is 72.6 Å². The summed E-state index contributed by atoms with van der Waals surface area (Å²) in [6, 6.07) is 21.7. The molecule has 3 aromatic carbocycles. The molecule has 0 aliphatic rings. The van der Waals surface area contributed by atoms with E-state index >= 15 is 0 Å². The van der Waals surface area contributed by atoms with Gasteiger partial charge in [0.2, 0.25) is 5.89 Å². The van der Waals surface area contributed by atoms with Crippen LogP contribution in [0.1, 0.15) is 12.8 Å². The summed E-state index contributed by atoms with van der Waals surface area (Å²) >= 11 is 0. The summed E-state index contributed by atoms with van der Waals surface area (Å²) in [5, 5.41) is 10.8. The zero-order valence-electron chi connectivity index (χ0n) is 15.2. The van der Waals surface area contributed by atoms with Gasteiger partial charge in [-0.25, -0.2) is 4.98 Å². The Morgan fingerprint density at radius 3 is 2.57 bits per heavy atom. The number of hydrogen-bond acceptors (Lipinski definition) is 4. The van der Waals surface area contributed by atoms with Gasteiger partial charge in [0.25, 0.3) is 0 Å². The molecule has 0 saturated heterocycles. The van der Waals surface area contributed by atoms with Crippen molar-refractivity contribution in [2.24, 2.45) is 0 Å². The molecule has 0 aliphatic carbocycles. The number of carbonyl (C=O) groups is 1. The highest BCUT2D eigenvalue weighted by Gasteiger charge is 2.09. The summed E-state index contributed by atoms with van der Waals surface area (Å²) < 4.78 is 11.6. The first-order valence-corrected chi connectivity index (χ1v) is 9.09. The Kier molecular flexibility index (Phi) is 5.06. The lowest BCUT2D eigenvalue weighted by Gasteiger charge is -2.07. The van der Waals surface area contributed by atoms with Crippen molar-refractivity contribution in [3.8, 4) is 28.5 Å². The van der Waals surface area contributed by atoms with Gasteiger partial charge < -0.3 is 14.3 Å². The standard InChI is InChI=1S/C23H19NO4/c25-22(26)7-4-12-27-20-11-10-17-13-19(9-8-18(17)14-20)23-24-15-21(28-23)16-5-2-1-3-6-16/h1-3,5-6,8-11,13-15H,4,7,12H2,(H,25,26). The lowest BCUT2D eigenvalue weighted by atomic mass is 10.1. The number of aromatic nitrogens is 1. The van der Waals surface area contributed by atoms with E-state index in [1.54, 1.807) is 6.20 Å². The van der Waals surface area contributed by atoms with Crippen molar-refractivity contribution in [3.63, 3.8) is 0 Å². The monoisotopic (exact) mass is 373 g/mol. The Morgan fingerprint density at radius 2 is 1.75 bits per heavy atom. The highest BCUT2D eigenvalue weighted by Crippen LogP contribution is 2.29. The van der Waals surface area contributed by atoms with Gasteiger partial charge in [-0.3, -0.25) is 4.79 Å². The van der Waals surface area contributed by atoms with E-state index in [2.05, 4.69) is 4.98 Å². The number of fused-ring (bicyclic) bond motifs is 1. The molecule has 0 radical (unpaired) electrons. The molecule has 4 aromatic rings. The number of nitrogens with zero attached hydrogens (tertiary/aromatic N) is 1. The maximum absolute atomic E-state index is 10.5. The molecule has 0 atom stereocenters. The van der Waals surface area contributed by atoms with Gasteiger partial charge >= 0.3 is 5.97 Å². The molecule has 0 aliphatic heterocycles. The Bertz CT molecular complexity index is 1100. The van der Waals surface area contributed by atoms with Crippen molar-refractivity contribution in [3.05, 3.63) is 72.9 Å². The van der Waals surface area contributed by atoms with Crippen LogP contribution in [0.4, 0.5) is 0 Å². The molecule has 0 unspecified atom stereocenters. The summed E-state index contributed by atoms with van der Waals surface area (Å²) in [7, 11) is 0. The van der Waals surface area contributed by atoms with Gasteiger partial charge in [0, 0.05) is 17.5 Å². The maximum Gasteiger partial charge on any atom is 0.303 e. The third-order valence-electron chi connectivity index (χ3n) is 4.43. The summed E-state index contributed by atoms with van der Waals surface area (Å²) in [6.07, 6.45) is 2.33. The third-order valence-corrected chi connectivity index (χ3v) is 4.43. The van der Waals surface area contributed by atoms with Crippen molar-refractivity contribution >= 4 is 16.7 Å². The number of carboxylic acids is 1. The second-order valence-corrected chi connectivity index (χ2v) is 6.47. The second kappa shape index (κ2) is 7.96. The van der Waals surface area contributed by atoms with Gasteiger partial charge in [-0.1, -0.05) is 42.5 Å². The van der Waals surface area contributed by atoms with Crippen LogP contribution in [-0.2, 0) is 4.79 Å². The number of carboxylic acid groups (broad SMARTS) is 1. The number of aliphatic carboxylic acids is 1. The van der Waals surface area contributed by atoms with Crippen LogP contribution in [0, 0.1) is 0 Å². The number of ether oxygens (including phenoxy) is 1. The van der Waals surface area contributed by atoms with E-state index in [0.717, 1.165) is 33.4 Å². The number of rotatable bonds is 7. The van der Waals surface area contributed by atoms with Crippen LogP contribution >= 0.6 is 0 Å². The summed E-state index contributed by atoms with van der Waals surface area (Å²) in [4.78, 5) is 15.0. The molecule has 0 bridgehead atoms. The number of benzene rings is 3. The molecule has 28 heavy (non-hydrogen) atoms. The van der Waals surface area contributed by atoms with Crippen LogP contribution < -0.4 is 4.74 Å². The predicted molar refractivity (Wildman–Crippen MR) is 107 cm³/mol. The van der Waals surface area contributed by atoms with Crippen LogP contribution in [-0.4, -0.2) is 22.7 Å². The van der Waals surface area contributed by atoms with Gasteiger partial charge in [-0.2, -0.15) is 0 Å². The molecule has 1 N–H and O–H groups in total. The minimum Gasteiger partial charge on any atom is -0.494 e. The molecule has 0 fully saturated rings. The molecule has 4 rings (SSSR count). The molecule has 5 nitrogen and oxygen atoms in total. The first-order valence-electron chi connectivity index (χ1n) is 9.09. The predicted octanol–water partition coefficient (Wildman–Crippen LogP) is 5.41. The van der Waals surface area contributed by atoms with E-state index in [-0.39, 0.29) is 6.42 Å². The van der Waals surface area contributed by atoms with E-state index in [9.17, 15) is 4.79 Å². The largest absolute Gasteiger partial charge is 0.494 e. The van der Waals surface area contributed by atoms with E-state index < -0.39 is 5.97 Å². The molecule has 140 valence electrons. The zero-order chi connectivity index (χ0) is 19.3. The van der Waals surface area contributed by atoms with Crippen LogP contribution in [0.3, 0.4) is 0 Å². The van der Waals surface area contributed by atoms with Gasteiger partial charge in [0.05, 0.1) is 12.8 Å². The Hall–Kier alpha value is -3.60. The lowest BCUT2D eigenvalue weighted by molar-refractivity contribution is -0.137. The summed E-state index contributed by atoms with van der Waals surface area (Å²) in [5.41, 5.74) is 1.90. The van der Waals surface area contributed by atoms with Gasteiger partial charge in [-0.05, 0) is 41.5 Å². The summed E-state index contributed by atoms with van der Waals surface area (Å²) in [6.45, 7) is 0.383. The first kappa shape index (κ1) is 17.8. The molecule has 1 aromatic heterocycles. The average molecular weight is 373 g/mol. The van der Waals surface area contributed by atoms with Crippen LogP contribution in [0.5, 0.6) is 5.75 Å². The number of hydrogen-bond donors (Lipinski definition) is 1. The Morgan fingerprint density at radius 1 is 0.964 bits per heavy atom. The highest BCUT2D eigenvalue weighted by molar-refractivity contribution is 5.87. The zero-order valence-corrected chi connectivity index (χ0v) is 15.2. The van der Waals surface area contributed by atoms with Crippen LogP contribution in [0.15, 0.2) is 77.3 Å². The fourth-order valence-electron chi connectivity index (χ4n) is 3.00. The third kappa shape index (κ3) is 4.04. The van der Waals surface area contributed by atoms with Gasteiger partial charge in [0.15, 0.2) is 5.76 Å². The molecule has 0 amide bonds. The van der Waals surface area contributed by atoms with E-state index in [0.29, 0.717) is 18.9 Å². The Labute approximate surface area is 162 Å². The average Bonchev–Trinajstić information content (AvgIpc) is 3.21. The SMILES string of the molecule is O=C(O)CCCOc1ccc2cc(-c3ncc(-c4ccccc4)o3)ccc2c1. The van der Waals surface area contributed by atoms with Crippen LogP contribution in [0.2, 0.25) is 0 Å². The van der Waals surface area contributed by atoms with Crippen molar-refractivity contribution < 1.29 is 19.1 Å². The van der Waals surface area contributed by atoms with E-state index in [1.165, 1.54) is 0 Å². The second-order valence-electron chi connectivity index (χ2n) is 6.47. The molecule has 0 saturated carbocycles. The van der Waals surface area contributed by atoms with Crippen LogP contribution in [0.25, 0.3) is 33.6 Å². The van der Waals surface area contributed by atoms with E-state index in [1.807, 2.05) is 66.7 Å². The molecular weight excluding hydrogens is 354 g/mol. The molecular formula is C23H19NO4. The quantitative estimate of drug-likeness (QED) is 0.439. The van der Waals surface area contributed by atoms with Gasteiger partial charge in [0.1, 0.15) is 5.75 Å². The van der Waals surface area contributed by atoms with Crippen molar-refractivity contribution in [2.75, 3.05) is 6.61 Å². The minimum absolute atomic E-state index is 0.109. The highest BCUT2D eigenvalue weighted by atomic mass is 16.5. The molecule has 0 spiro atoms. The normalized spacial score (nSPS) is 10.9. The smallest absolute Gasteiger partial charge is 0.303 e. The fraction of sp³-hybridized carbons (Fsp3) is 0.130. The summed E-state index contributed by atoms with van der Waals surface area (Å²) in [5.74, 6) is 1.24. The first-order chi connectivity index (χ1) is 13.7. The molecule has 5 heteroatoms. The van der Waals surface area contributed by atoms with E-state index in [4.69, 9.17) is 14.3 Å². The number of oxazole rings is 1. The Balaban J connectivity index is 1.51.